The molecule has 17 heavy (non-hydrogen) atoms. The van der Waals surface area contributed by atoms with E-state index in [0.29, 0.717) is 11.7 Å². The molecule has 5 heteroatoms. The van der Waals surface area contributed by atoms with Crippen LogP contribution in [0.1, 0.15) is 17.3 Å². The minimum atomic E-state index is 0. The summed E-state index contributed by atoms with van der Waals surface area (Å²) in [5.41, 5.74) is 7.03. The zero-order chi connectivity index (χ0) is 11.5. The van der Waals surface area contributed by atoms with Crippen LogP contribution in [-0.4, -0.2) is 34.9 Å². The molecule has 1 unspecified atom stereocenters. The van der Waals surface area contributed by atoms with Crippen LogP contribution >= 0.6 is 24.2 Å². The Morgan fingerprint density at radius 1 is 1.41 bits per heavy atom. The van der Waals surface area contributed by atoms with Gasteiger partial charge < -0.3 is 10.6 Å². The molecule has 1 atom stereocenters. The molecule has 0 spiro atoms. The van der Waals surface area contributed by atoms with E-state index < -0.39 is 0 Å². The lowest BCUT2D eigenvalue weighted by atomic mass is 10.1. The Morgan fingerprint density at radius 3 is 2.65 bits per heavy atom. The van der Waals surface area contributed by atoms with E-state index in [9.17, 15) is 4.79 Å². The van der Waals surface area contributed by atoms with E-state index >= 15 is 0 Å². The second-order valence-corrected chi connectivity index (χ2v) is 5.19. The topological polar surface area (TPSA) is 46.3 Å². The molecule has 0 radical (unpaired) electrons. The summed E-state index contributed by atoms with van der Waals surface area (Å²) < 4.78 is 0. The van der Waals surface area contributed by atoms with Crippen LogP contribution in [0.2, 0.25) is 0 Å². The zero-order valence-electron chi connectivity index (χ0n) is 9.76. The Hall–Kier alpha value is -0.870. The molecule has 1 aliphatic rings. The highest BCUT2D eigenvalue weighted by molar-refractivity contribution is 7.99. The summed E-state index contributed by atoms with van der Waals surface area (Å²) in [4.78, 5) is 14.1. The lowest BCUT2D eigenvalue weighted by molar-refractivity contribution is 0.0716. The van der Waals surface area contributed by atoms with Gasteiger partial charge in [0.1, 0.15) is 0 Å². The van der Waals surface area contributed by atoms with Crippen LogP contribution in [0, 0.1) is 0 Å². The number of anilines is 1. The van der Waals surface area contributed by atoms with Crippen molar-refractivity contribution in [1.82, 2.24) is 4.90 Å². The van der Waals surface area contributed by atoms with Gasteiger partial charge in [-0.15, -0.1) is 12.4 Å². The van der Waals surface area contributed by atoms with Crippen molar-refractivity contribution in [1.29, 1.82) is 0 Å². The van der Waals surface area contributed by atoms with Gasteiger partial charge in [-0.2, -0.15) is 11.8 Å². The molecule has 1 aromatic carbocycles. The first-order valence-electron chi connectivity index (χ1n) is 5.43. The Labute approximate surface area is 112 Å². The Kier molecular flexibility index (Phi) is 5.15. The smallest absolute Gasteiger partial charge is 0.254 e. The van der Waals surface area contributed by atoms with Crippen molar-refractivity contribution in [2.45, 2.75) is 13.0 Å². The molecule has 0 saturated carbocycles. The molecule has 1 aromatic rings. The largest absolute Gasteiger partial charge is 0.399 e. The van der Waals surface area contributed by atoms with E-state index in [-0.39, 0.29) is 18.3 Å². The van der Waals surface area contributed by atoms with E-state index in [1.54, 1.807) is 24.3 Å². The highest BCUT2D eigenvalue weighted by Gasteiger charge is 2.24. The number of hydrogen-bond donors (Lipinski definition) is 1. The van der Waals surface area contributed by atoms with Crippen LogP contribution in [-0.2, 0) is 0 Å². The van der Waals surface area contributed by atoms with Crippen molar-refractivity contribution in [2.24, 2.45) is 0 Å². The van der Waals surface area contributed by atoms with E-state index in [4.69, 9.17) is 5.73 Å². The van der Waals surface area contributed by atoms with Crippen molar-refractivity contribution >= 4 is 35.8 Å². The Balaban J connectivity index is 0.00000144. The first kappa shape index (κ1) is 14.2. The number of rotatable bonds is 1. The number of hydrogen-bond acceptors (Lipinski definition) is 3. The van der Waals surface area contributed by atoms with Gasteiger partial charge in [0.25, 0.3) is 5.91 Å². The van der Waals surface area contributed by atoms with Crippen LogP contribution in [0.5, 0.6) is 0 Å². The summed E-state index contributed by atoms with van der Waals surface area (Å²) >= 11 is 1.91. The van der Waals surface area contributed by atoms with Gasteiger partial charge >= 0.3 is 0 Å². The average molecular weight is 273 g/mol. The third-order valence-corrected chi connectivity index (χ3v) is 3.98. The van der Waals surface area contributed by atoms with Gasteiger partial charge in [0.2, 0.25) is 0 Å². The first-order valence-corrected chi connectivity index (χ1v) is 6.58. The van der Waals surface area contributed by atoms with Gasteiger partial charge in [-0.25, -0.2) is 0 Å². The van der Waals surface area contributed by atoms with Crippen LogP contribution in [0.15, 0.2) is 24.3 Å². The van der Waals surface area contributed by atoms with E-state index in [1.165, 1.54) is 0 Å². The molecule has 0 aromatic heterocycles. The predicted molar refractivity (Wildman–Crippen MR) is 75.9 cm³/mol. The van der Waals surface area contributed by atoms with Crippen LogP contribution in [0.25, 0.3) is 0 Å². The minimum Gasteiger partial charge on any atom is -0.399 e. The maximum absolute atomic E-state index is 12.2. The van der Waals surface area contributed by atoms with Crippen LogP contribution in [0.3, 0.4) is 0 Å². The fourth-order valence-electron chi connectivity index (χ4n) is 1.82. The molecular weight excluding hydrogens is 256 g/mol. The highest BCUT2D eigenvalue weighted by atomic mass is 35.5. The molecule has 94 valence electrons. The summed E-state index contributed by atoms with van der Waals surface area (Å²) in [6.07, 6.45) is 0. The summed E-state index contributed by atoms with van der Waals surface area (Å²) in [6.45, 7) is 2.94. The van der Waals surface area contributed by atoms with E-state index in [0.717, 1.165) is 23.6 Å². The number of carbonyl (C=O) groups excluding carboxylic acids is 1. The first-order chi connectivity index (χ1) is 7.68. The van der Waals surface area contributed by atoms with Crippen molar-refractivity contribution in [3.8, 4) is 0 Å². The van der Waals surface area contributed by atoms with Gasteiger partial charge in [0, 0.05) is 35.3 Å². The molecule has 1 amide bonds. The predicted octanol–water partition coefficient (Wildman–Crippen LogP) is 2.27. The second kappa shape index (κ2) is 6.17. The second-order valence-electron chi connectivity index (χ2n) is 4.04. The number of thioether (sulfide) groups is 1. The maximum atomic E-state index is 12.2. The lowest BCUT2D eigenvalue weighted by Gasteiger charge is -2.33. The van der Waals surface area contributed by atoms with Gasteiger partial charge in [-0.3, -0.25) is 4.79 Å². The number of amides is 1. The number of nitrogen functional groups attached to an aromatic ring is 1. The van der Waals surface area contributed by atoms with Crippen molar-refractivity contribution in [3.05, 3.63) is 29.8 Å². The summed E-state index contributed by atoms with van der Waals surface area (Å²) in [7, 11) is 0. The van der Waals surface area contributed by atoms with Crippen molar-refractivity contribution in [2.75, 3.05) is 23.8 Å². The Morgan fingerprint density at radius 2 is 2.06 bits per heavy atom. The molecule has 1 saturated heterocycles. The molecule has 0 aliphatic carbocycles. The number of carbonyl (C=O) groups is 1. The average Bonchev–Trinajstić information content (AvgIpc) is 2.30. The molecule has 2 rings (SSSR count). The summed E-state index contributed by atoms with van der Waals surface area (Å²) in [5, 5.41) is 0. The van der Waals surface area contributed by atoms with Gasteiger partial charge in [-0.1, -0.05) is 0 Å². The van der Waals surface area contributed by atoms with Gasteiger partial charge in [-0.05, 0) is 31.2 Å². The number of nitrogens with two attached hydrogens (primary N) is 1. The normalized spacial score (nSPS) is 19.6. The van der Waals surface area contributed by atoms with Gasteiger partial charge in [0.05, 0.1) is 0 Å². The quantitative estimate of drug-likeness (QED) is 0.798. The monoisotopic (exact) mass is 272 g/mol. The van der Waals surface area contributed by atoms with Gasteiger partial charge in [0.15, 0.2) is 0 Å². The highest BCUT2D eigenvalue weighted by Crippen LogP contribution is 2.19. The number of halogens is 1. The molecule has 0 bridgehead atoms. The molecule has 3 nitrogen and oxygen atoms in total. The van der Waals surface area contributed by atoms with E-state index in [1.807, 2.05) is 16.7 Å². The van der Waals surface area contributed by atoms with E-state index in [2.05, 4.69) is 6.92 Å². The number of benzene rings is 1. The molecule has 1 heterocycles. The summed E-state index contributed by atoms with van der Waals surface area (Å²) in [6, 6.07) is 7.47. The summed E-state index contributed by atoms with van der Waals surface area (Å²) in [5.74, 6) is 2.18. The van der Waals surface area contributed by atoms with Crippen LogP contribution in [0.4, 0.5) is 5.69 Å². The minimum absolute atomic E-state index is 0. The third kappa shape index (κ3) is 3.30. The maximum Gasteiger partial charge on any atom is 0.254 e. The third-order valence-electron chi connectivity index (χ3n) is 2.79. The van der Waals surface area contributed by atoms with Crippen molar-refractivity contribution < 1.29 is 4.79 Å². The fourth-order valence-corrected chi connectivity index (χ4v) is 2.83. The molecule has 1 fully saturated rings. The van der Waals surface area contributed by atoms with Crippen LogP contribution < -0.4 is 5.73 Å². The molecular formula is C12H17ClN2OS. The fraction of sp³-hybridized carbons (Fsp3) is 0.417. The standard InChI is InChI=1S/C12H16N2OS.ClH/c1-9-8-16-7-6-14(9)12(15)10-2-4-11(13)5-3-10;/h2-5,9H,6-8,13H2,1H3;1H. The van der Waals surface area contributed by atoms with Crippen molar-refractivity contribution in [3.63, 3.8) is 0 Å². The number of nitrogens with zero attached hydrogens (tertiary/aromatic N) is 1. The Bertz CT molecular complexity index is 383. The SMILES string of the molecule is CC1CSCCN1C(=O)c1ccc(N)cc1.Cl. The lowest BCUT2D eigenvalue weighted by Crippen LogP contribution is -2.44. The molecule has 1 aliphatic heterocycles. The molecule has 2 N–H and O–H groups in total. The zero-order valence-corrected chi connectivity index (χ0v) is 11.4.